The molecule has 76 valence electrons. The van der Waals surface area contributed by atoms with Gasteiger partial charge >= 0.3 is 0 Å². The van der Waals surface area contributed by atoms with Crippen LogP contribution in [0.5, 0.6) is 0 Å². The zero-order valence-electron chi connectivity index (χ0n) is 7.79. The van der Waals surface area contributed by atoms with E-state index in [9.17, 15) is 8.78 Å². The Labute approximate surface area is 81.9 Å². The largest absolute Gasteiger partial charge is 0.323 e. The van der Waals surface area contributed by atoms with E-state index < -0.39 is 12.5 Å². The van der Waals surface area contributed by atoms with E-state index >= 15 is 0 Å². The van der Waals surface area contributed by atoms with Crippen molar-refractivity contribution in [2.24, 2.45) is 5.73 Å². The van der Waals surface area contributed by atoms with Crippen LogP contribution in [-0.4, -0.2) is 12.5 Å². The van der Waals surface area contributed by atoms with E-state index in [4.69, 9.17) is 5.73 Å². The van der Waals surface area contributed by atoms with Gasteiger partial charge in [0, 0.05) is 0 Å². The maximum Gasteiger partial charge on any atom is 0.253 e. The molecule has 0 radical (unpaired) electrons. The summed E-state index contributed by atoms with van der Waals surface area (Å²) in [6.07, 6.45) is -1.10. The van der Waals surface area contributed by atoms with Gasteiger partial charge in [-0.3, -0.25) is 0 Å². The maximum absolute atomic E-state index is 12.2. The number of fused-ring (bicyclic) bond motifs is 1. The fraction of sp³-hybridized carbons (Fsp3) is 0.455. The third-order valence-electron chi connectivity index (χ3n) is 2.84. The van der Waals surface area contributed by atoms with Gasteiger partial charge in [0.05, 0.1) is 6.04 Å². The summed E-state index contributed by atoms with van der Waals surface area (Å²) < 4.78 is 24.4. The summed E-state index contributed by atoms with van der Waals surface area (Å²) in [6.45, 7) is 0. The molecule has 1 aliphatic carbocycles. The van der Waals surface area contributed by atoms with Crippen molar-refractivity contribution in [1.82, 2.24) is 0 Å². The van der Waals surface area contributed by atoms with Gasteiger partial charge in [-0.15, -0.1) is 0 Å². The van der Waals surface area contributed by atoms with Crippen molar-refractivity contribution in [2.75, 3.05) is 0 Å². The Morgan fingerprint density at radius 3 is 2.71 bits per heavy atom. The molecule has 0 fully saturated rings. The third kappa shape index (κ3) is 1.64. The van der Waals surface area contributed by atoms with Crippen LogP contribution in [0.3, 0.4) is 0 Å². The summed E-state index contributed by atoms with van der Waals surface area (Å²) in [5.74, 6) is 0.246. The summed E-state index contributed by atoms with van der Waals surface area (Å²) in [6, 6.07) is 6.98. The minimum Gasteiger partial charge on any atom is -0.323 e. The summed E-state index contributed by atoms with van der Waals surface area (Å²) >= 11 is 0. The molecule has 0 aliphatic heterocycles. The quantitative estimate of drug-likeness (QED) is 0.790. The van der Waals surface area contributed by atoms with E-state index in [1.807, 2.05) is 24.3 Å². The van der Waals surface area contributed by atoms with Gasteiger partial charge in [-0.2, -0.15) is 0 Å². The first-order valence-electron chi connectivity index (χ1n) is 4.80. The smallest absolute Gasteiger partial charge is 0.253 e. The van der Waals surface area contributed by atoms with Crippen LogP contribution >= 0.6 is 0 Å². The topological polar surface area (TPSA) is 26.0 Å². The highest BCUT2D eigenvalue weighted by atomic mass is 19.3. The second-order valence-corrected chi connectivity index (χ2v) is 3.83. The first-order chi connectivity index (χ1) is 6.68. The number of hydrogen-bond acceptors (Lipinski definition) is 1. The highest BCUT2D eigenvalue weighted by Gasteiger charge is 2.29. The Morgan fingerprint density at radius 1 is 1.36 bits per heavy atom. The zero-order chi connectivity index (χ0) is 10.1. The van der Waals surface area contributed by atoms with E-state index in [0.29, 0.717) is 6.42 Å². The van der Waals surface area contributed by atoms with Gasteiger partial charge in [0.15, 0.2) is 0 Å². The molecule has 0 heterocycles. The van der Waals surface area contributed by atoms with Crippen molar-refractivity contribution in [2.45, 2.75) is 31.2 Å². The molecule has 0 saturated heterocycles. The zero-order valence-corrected chi connectivity index (χ0v) is 7.79. The number of halogens is 2. The standard InChI is InChI=1S/C11H13F2N/c12-11(13)10(14)6-8-5-7-3-1-2-4-9(7)8/h1-4,8,10-11H,5-6,14H2. The predicted octanol–water partition coefficient (Wildman–Crippen LogP) is 2.31. The van der Waals surface area contributed by atoms with Crippen LogP contribution in [0, 0.1) is 0 Å². The van der Waals surface area contributed by atoms with E-state index in [-0.39, 0.29) is 5.92 Å². The molecule has 0 saturated carbocycles. The van der Waals surface area contributed by atoms with Crippen molar-refractivity contribution in [3.8, 4) is 0 Å². The molecule has 1 aliphatic rings. The molecule has 0 aromatic heterocycles. The highest BCUT2D eigenvalue weighted by molar-refractivity contribution is 5.39. The molecule has 1 aromatic carbocycles. The third-order valence-corrected chi connectivity index (χ3v) is 2.84. The van der Waals surface area contributed by atoms with Gasteiger partial charge < -0.3 is 5.73 Å². The van der Waals surface area contributed by atoms with Gasteiger partial charge in [-0.1, -0.05) is 24.3 Å². The maximum atomic E-state index is 12.2. The Bertz CT molecular complexity index is 325. The molecule has 1 aromatic rings. The first kappa shape index (κ1) is 9.59. The van der Waals surface area contributed by atoms with Crippen molar-refractivity contribution in [1.29, 1.82) is 0 Å². The lowest BCUT2D eigenvalue weighted by molar-refractivity contribution is 0.107. The molecule has 2 rings (SSSR count). The first-order valence-corrected chi connectivity index (χ1v) is 4.80. The molecule has 1 nitrogen and oxygen atoms in total. The highest BCUT2D eigenvalue weighted by Crippen LogP contribution is 2.38. The molecule has 0 bridgehead atoms. The fourth-order valence-corrected chi connectivity index (χ4v) is 2.00. The van der Waals surface area contributed by atoms with Gasteiger partial charge in [-0.05, 0) is 29.9 Å². The lowest BCUT2D eigenvalue weighted by Gasteiger charge is -2.31. The summed E-state index contributed by atoms with van der Waals surface area (Å²) in [5.41, 5.74) is 7.81. The number of hydrogen-bond donors (Lipinski definition) is 1. The molecule has 2 unspecified atom stereocenters. The van der Waals surface area contributed by atoms with E-state index in [1.165, 1.54) is 11.1 Å². The van der Waals surface area contributed by atoms with Crippen molar-refractivity contribution in [3.05, 3.63) is 35.4 Å². The lowest BCUT2D eigenvalue weighted by Crippen LogP contribution is -2.33. The molecule has 0 spiro atoms. The molecule has 2 atom stereocenters. The van der Waals surface area contributed by atoms with Crippen LogP contribution in [0.1, 0.15) is 23.5 Å². The minimum absolute atomic E-state index is 0.246. The molecule has 0 amide bonds. The molecular formula is C11H13F2N. The number of alkyl halides is 2. The molecular weight excluding hydrogens is 184 g/mol. The fourth-order valence-electron chi connectivity index (χ4n) is 2.00. The Hall–Kier alpha value is -0.960. The molecule has 2 N–H and O–H groups in total. The number of benzene rings is 1. The minimum atomic E-state index is -2.40. The average molecular weight is 197 g/mol. The summed E-state index contributed by atoms with van der Waals surface area (Å²) in [7, 11) is 0. The van der Waals surface area contributed by atoms with Gasteiger partial charge in [0.2, 0.25) is 0 Å². The van der Waals surface area contributed by atoms with Crippen molar-refractivity contribution < 1.29 is 8.78 Å². The van der Waals surface area contributed by atoms with Gasteiger partial charge in [0.25, 0.3) is 6.43 Å². The Kier molecular flexibility index (Phi) is 2.50. The van der Waals surface area contributed by atoms with Crippen LogP contribution in [0.4, 0.5) is 8.78 Å². The number of nitrogens with two attached hydrogens (primary N) is 1. The van der Waals surface area contributed by atoms with Crippen molar-refractivity contribution in [3.63, 3.8) is 0 Å². The van der Waals surface area contributed by atoms with E-state index in [1.54, 1.807) is 0 Å². The molecule has 3 heteroatoms. The van der Waals surface area contributed by atoms with Crippen LogP contribution < -0.4 is 5.73 Å². The number of rotatable bonds is 3. The molecule has 14 heavy (non-hydrogen) atoms. The Balaban J connectivity index is 1.99. The van der Waals surface area contributed by atoms with Crippen LogP contribution in [0.25, 0.3) is 0 Å². The SMILES string of the molecule is NC(CC1Cc2ccccc21)C(F)F. The van der Waals surface area contributed by atoms with E-state index in [2.05, 4.69) is 0 Å². The average Bonchev–Trinajstić information content (AvgIpc) is 2.13. The Morgan fingerprint density at radius 2 is 2.07 bits per heavy atom. The van der Waals surface area contributed by atoms with Crippen LogP contribution in [-0.2, 0) is 6.42 Å². The van der Waals surface area contributed by atoms with Gasteiger partial charge in [0.1, 0.15) is 0 Å². The second-order valence-electron chi connectivity index (χ2n) is 3.83. The second kappa shape index (κ2) is 3.65. The normalized spacial score (nSPS) is 21.6. The monoisotopic (exact) mass is 197 g/mol. The summed E-state index contributed by atoms with van der Waals surface area (Å²) in [4.78, 5) is 0. The summed E-state index contributed by atoms with van der Waals surface area (Å²) in [5, 5.41) is 0. The van der Waals surface area contributed by atoms with E-state index in [0.717, 1.165) is 6.42 Å². The van der Waals surface area contributed by atoms with Crippen molar-refractivity contribution >= 4 is 0 Å². The van der Waals surface area contributed by atoms with Crippen LogP contribution in [0.15, 0.2) is 24.3 Å². The lowest BCUT2D eigenvalue weighted by atomic mass is 9.74. The van der Waals surface area contributed by atoms with Gasteiger partial charge in [-0.25, -0.2) is 8.78 Å². The predicted molar refractivity (Wildman–Crippen MR) is 51.5 cm³/mol. The van der Waals surface area contributed by atoms with Crippen LogP contribution in [0.2, 0.25) is 0 Å².